The van der Waals surface area contributed by atoms with Crippen LogP contribution in [-0.4, -0.2) is 11.0 Å². The smallest absolute Gasteiger partial charge is 0.116 e. The molecule has 1 aliphatic heterocycles. The summed E-state index contributed by atoms with van der Waals surface area (Å²) in [7, 11) is 0. The predicted molar refractivity (Wildman–Crippen MR) is 115 cm³/mol. The summed E-state index contributed by atoms with van der Waals surface area (Å²) in [4.78, 5) is 2.54. The fourth-order valence-electron chi connectivity index (χ4n) is 3.96. The maximum absolute atomic E-state index is 6.32. The van der Waals surface area contributed by atoms with E-state index in [4.69, 9.17) is 4.74 Å². The summed E-state index contributed by atoms with van der Waals surface area (Å²) in [6.45, 7) is 5.06. The normalized spacial score (nSPS) is 19.6. The fraction of sp³-hybridized carbons (Fsp3) is 0.231. The zero-order valence-electron chi connectivity index (χ0n) is 16.5. The predicted octanol–water partition coefficient (Wildman–Crippen LogP) is 6.29. The van der Waals surface area contributed by atoms with Crippen LogP contribution in [-0.2, 0) is 11.3 Å². The van der Waals surface area contributed by atoms with Crippen molar-refractivity contribution in [3.63, 3.8) is 0 Å². The molecule has 2 atom stereocenters. The Morgan fingerprint density at radius 2 is 1.29 bits per heavy atom. The number of ether oxygens (including phenoxy) is 1. The van der Waals surface area contributed by atoms with Crippen molar-refractivity contribution in [1.29, 1.82) is 0 Å². The van der Waals surface area contributed by atoms with E-state index in [0.29, 0.717) is 0 Å². The molecule has 0 amide bonds. The summed E-state index contributed by atoms with van der Waals surface area (Å²) < 4.78 is 6.32. The average Bonchev–Trinajstić information content (AvgIpc) is 3.07. The molecule has 0 unspecified atom stereocenters. The highest BCUT2D eigenvalue weighted by atomic mass is 16.5. The Morgan fingerprint density at radius 1 is 0.750 bits per heavy atom. The highest BCUT2D eigenvalue weighted by Gasteiger charge is 2.38. The van der Waals surface area contributed by atoms with Gasteiger partial charge in [-0.25, -0.2) is 0 Å². The van der Waals surface area contributed by atoms with E-state index in [1.165, 1.54) is 16.7 Å². The molecular weight excluding hydrogens is 342 g/mol. The number of nitrogens with zero attached hydrogens (tertiary/aromatic N) is 1. The minimum absolute atomic E-state index is 0.106. The number of rotatable bonds is 6. The first kappa shape index (κ1) is 18.5. The van der Waals surface area contributed by atoms with Crippen LogP contribution in [0.25, 0.3) is 0 Å². The van der Waals surface area contributed by atoms with Gasteiger partial charge in [-0.2, -0.15) is 0 Å². The molecule has 0 saturated heterocycles. The van der Waals surface area contributed by atoms with Crippen LogP contribution in [0, 0.1) is 0 Å². The van der Waals surface area contributed by atoms with Gasteiger partial charge in [0.1, 0.15) is 5.76 Å². The molecule has 2 heteroatoms. The van der Waals surface area contributed by atoms with E-state index in [9.17, 15) is 0 Å². The third kappa shape index (κ3) is 4.02. The lowest BCUT2D eigenvalue weighted by molar-refractivity contribution is 0.0960. The minimum atomic E-state index is 0.106. The van der Waals surface area contributed by atoms with Gasteiger partial charge in [-0.15, -0.1) is 0 Å². The van der Waals surface area contributed by atoms with Crippen molar-refractivity contribution in [3.8, 4) is 0 Å². The van der Waals surface area contributed by atoms with E-state index in [0.717, 1.165) is 12.3 Å². The molecule has 0 fully saturated rings. The molecule has 0 radical (unpaired) electrons. The van der Waals surface area contributed by atoms with E-state index in [2.05, 4.69) is 116 Å². The van der Waals surface area contributed by atoms with Gasteiger partial charge in [-0.1, -0.05) is 91.0 Å². The molecule has 28 heavy (non-hydrogen) atoms. The van der Waals surface area contributed by atoms with Crippen molar-refractivity contribution in [2.24, 2.45) is 0 Å². The Labute approximate surface area is 168 Å². The molecule has 0 N–H and O–H groups in total. The summed E-state index contributed by atoms with van der Waals surface area (Å²) >= 11 is 0. The monoisotopic (exact) mass is 369 g/mol. The van der Waals surface area contributed by atoms with E-state index in [1.54, 1.807) is 0 Å². The van der Waals surface area contributed by atoms with Crippen LogP contribution in [0.1, 0.15) is 42.6 Å². The maximum Gasteiger partial charge on any atom is 0.116 e. The molecule has 1 aliphatic rings. The van der Waals surface area contributed by atoms with Crippen molar-refractivity contribution in [2.75, 3.05) is 0 Å². The first-order valence-corrected chi connectivity index (χ1v) is 10.0. The molecular formula is C26H27NO. The largest absolute Gasteiger partial charge is 0.494 e. The van der Waals surface area contributed by atoms with Crippen LogP contribution in [0.4, 0.5) is 0 Å². The van der Waals surface area contributed by atoms with Gasteiger partial charge in [0, 0.05) is 6.54 Å². The molecule has 0 saturated carbocycles. The summed E-state index contributed by atoms with van der Waals surface area (Å²) in [5, 5.41) is 0. The van der Waals surface area contributed by atoms with Crippen LogP contribution in [0.5, 0.6) is 0 Å². The average molecular weight is 370 g/mol. The fourth-order valence-corrected chi connectivity index (χ4v) is 3.96. The van der Waals surface area contributed by atoms with Crippen LogP contribution < -0.4 is 0 Å². The van der Waals surface area contributed by atoms with Crippen LogP contribution >= 0.6 is 0 Å². The molecule has 0 aliphatic carbocycles. The Bertz CT molecular complexity index is 903. The third-order valence-electron chi connectivity index (χ3n) is 5.12. The van der Waals surface area contributed by atoms with Crippen LogP contribution in [0.15, 0.2) is 103 Å². The molecule has 3 aromatic rings. The van der Waals surface area contributed by atoms with Gasteiger partial charge in [0.2, 0.25) is 0 Å². The van der Waals surface area contributed by atoms with Crippen molar-refractivity contribution < 1.29 is 4.74 Å². The quantitative estimate of drug-likeness (QED) is 0.506. The van der Waals surface area contributed by atoms with Crippen LogP contribution in [0.2, 0.25) is 0 Å². The second kappa shape index (κ2) is 8.45. The van der Waals surface area contributed by atoms with Crippen molar-refractivity contribution in [1.82, 2.24) is 4.90 Å². The van der Waals surface area contributed by atoms with Crippen molar-refractivity contribution in [3.05, 3.63) is 120 Å². The topological polar surface area (TPSA) is 12.5 Å². The number of benzene rings is 3. The maximum atomic E-state index is 6.32. The second-order valence-corrected chi connectivity index (χ2v) is 7.56. The lowest BCUT2D eigenvalue weighted by Crippen LogP contribution is -2.28. The van der Waals surface area contributed by atoms with E-state index in [1.807, 2.05) is 0 Å². The summed E-state index contributed by atoms with van der Waals surface area (Å²) in [6.07, 6.45) is 2.45. The SMILES string of the molecule is CC(C)OC1=C[C@@H](c2ccccc2)N(Cc2ccccc2)[C@@H]1c1ccccc1. The van der Waals surface area contributed by atoms with Gasteiger partial charge < -0.3 is 4.74 Å². The van der Waals surface area contributed by atoms with Crippen molar-refractivity contribution in [2.45, 2.75) is 38.6 Å². The lowest BCUT2D eigenvalue weighted by atomic mass is 10.0. The highest BCUT2D eigenvalue weighted by Crippen LogP contribution is 2.45. The molecule has 0 bridgehead atoms. The van der Waals surface area contributed by atoms with E-state index in [-0.39, 0.29) is 18.2 Å². The van der Waals surface area contributed by atoms with Gasteiger partial charge >= 0.3 is 0 Å². The minimum Gasteiger partial charge on any atom is -0.494 e. The van der Waals surface area contributed by atoms with Gasteiger partial charge in [0.05, 0.1) is 18.2 Å². The zero-order chi connectivity index (χ0) is 19.3. The van der Waals surface area contributed by atoms with Crippen molar-refractivity contribution >= 4 is 0 Å². The summed E-state index contributed by atoms with van der Waals surface area (Å²) in [6, 6.07) is 32.4. The van der Waals surface area contributed by atoms with Gasteiger partial charge in [-0.3, -0.25) is 4.90 Å². The molecule has 3 aromatic carbocycles. The van der Waals surface area contributed by atoms with Crippen LogP contribution in [0.3, 0.4) is 0 Å². The second-order valence-electron chi connectivity index (χ2n) is 7.56. The molecule has 2 nitrogen and oxygen atoms in total. The first-order chi connectivity index (χ1) is 13.7. The Balaban J connectivity index is 1.77. The van der Waals surface area contributed by atoms with E-state index < -0.39 is 0 Å². The Kier molecular flexibility index (Phi) is 5.59. The van der Waals surface area contributed by atoms with E-state index >= 15 is 0 Å². The number of hydrogen-bond acceptors (Lipinski definition) is 2. The highest BCUT2D eigenvalue weighted by molar-refractivity contribution is 5.36. The molecule has 4 rings (SSSR count). The third-order valence-corrected chi connectivity index (χ3v) is 5.12. The summed E-state index contributed by atoms with van der Waals surface area (Å²) in [5.41, 5.74) is 3.87. The number of hydrogen-bond donors (Lipinski definition) is 0. The standard InChI is InChI=1S/C26H27NO/c1-20(2)28-25-18-24(22-14-8-4-9-15-22)27(19-21-12-6-3-7-13-21)26(25)23-16-10-5-11-17-23/h3-18,20,24,26H,19H2,1-2H3/t24-,26+/m0/s1. The molecule has 0 aromatic heterocycles. The zero-order valence-corrected chi connectivity index (χ0v) is 16.5. The van der Waals surface area contributed by atoms with Gasteiger partial charge in [0.15, 0.2) is 0 Å². The Morgan fingerprint density at radius 3 is 1.86 bits per heavy atom. The van der Waals surface area contributed by atoms with Gasteiger partial charge in [0.25, 0.3) is 0 Å². The molecule has 1 heterocycles. The summed E-state index contributed by atoms with van der Waals surface area (Å²) in [5.74, 6) is 1.05. The Hall–Kier alpha value is -2.84. The lowest BCUT2D eigenvalue weighted by Gasteiger charge is -2.32. The molecule has 142 valence electrons. The first-order valence-electron chi connectivity index (χ1n) is 10.0. The van der Waals surface area contributed by atoms with Gasteiger partial charge in [-0.05, 0) is 36.6 Å². The molecule has 0 spiro atoms.